The summed E-state index contributed by atoms with van der Waals surface area (Å²) < 4.78 is 23.7. The van der Waals surface area contributed by atoms with E-state index in [-0.39, 0.29) is 43.8 Å². The fourth-order valence-corrected chi connectivity index (χ4v) is 9.19. The van der Waals surface area contributed by atoms with Crippen LogP contribution in [0.1, 0.15) is 82.4 Å². The Morgan fingerprint density at radius 2 is 1.62 bits per heavy atom. The van der Waals surface area contributed by atoms with Crippen molar-refractivity contribution < 1.29 is 43.2 Å². The largest absolute Gasteiger partial charge is 0.494 e. The number of ether oxygens (including phenoxy) is 4. The first-order valence-corrected chi connectivity index (χ1v) is 26.5. The lowest BCUT2D eigenvalue weighted by molar-refractivity contribution is -0.142. The second-order valence-corrected chi connectivity index (χ2v) is 19.6. The molecule has 5 N–H and O–H groups in total. The topological polar surface area (TPSA) is 219 Å². The Labute approximate surface area is 429 Å². The zero-order valence-corrected chi connectivity index (χ0v) is 43.6. The molecule has 18 nitrogen and oxygen atoms in total. The van der Waals surface area contributed by atoms with Crippen LogP contribution >= 0.6 is 27.3 Å². The number of hydrogen-bond acceptors (Lipinski definition) is 15. The van der Waals surface area contributed by atoms with Crippen LogP contribution in [0.3, 0.4) is 0 Å². The second-order valence-electron chi connectivity index (χ2n) is 17.9. The Bertz CT molecular complexity index is 2290. The average molecular weight is 1070 g/mol. The van der Waals surface area contributed by atoms with Crippen LogP contribution in [0.25, 0.3) is 10.4 Å². The number of likely N-dealkylation sites (tertiary alicyclic amines) is 1. The van der Waals surface area contributed by atoms with Gasteiger partial charge >= 0.3 is 0 Å². The van der Waals surface area contributed by atoms with Crippen molar-refractivity contribution in [3.05, 3.63) is 76.0 Å². The van der Waals surface area contributed by atoms with Gasteiger partial charge in [0.1, 0.15) is 30.3 Å². The molecule has 4 aromatic rings. The van der Waals surface area contributed by atoms with Gasteiger partial charge in [0.2, 0.25) is 29.6 Å². The first-order valence-electron chi connectivity index (χ1n) is 24.8. The van der Waals surface area contributed by atoms with E-state index < -0.39 is 30.0 Å². The molecule has 6 rings (SSSR count). The lowest BCUT2D eigenvalue weighted by Crippen LogP contribution is -2.53. The minimum atomic E-state index is -0.855. The van der Waals surface area contributed by atoms with Crippen molar-refractivity contribution in [2.24, 2.45) is 5.92 Å². The summed E-state index contributed by atoms with van der Waals surface area (Å²) in [4.78, 5) is 69.5. The van der Waals surface area contributed by atoms with E-state index >= 15 is 0 Å². The lowest BCUT2D eigenvalue weighted by Gasteiger charge is -2.29. The highest BCUT2D eigenvalue weighted by Gasteiger charge is 2.41. The molecule has 3 heterocycles. The van der Waals surface area contributed by atoms with Crippen LogP contribution in [-0.2, 0) is 39.9 Å². The minimum Gasteiger partial charge on any atom is -0.494 e. The summed E-state index contributed by atoms with van der Waals surface area (Å²) >= 11 is 5.10. The van der Waals surface area contributed by atoms with Gasteiger partial charge in [-0.15, -0.1) is 11.3 Å². The third kappa shape index (κ3) is 17.8. The molecule has 1 saturated heterocycles. The van der Waals surface area contributed by atoms with Crippen molar-refractivity contribution in [3.8, 4) is 16.2 Å². The van der Waals surface area contributed by atoms with Gasteiger partial charge < -0.3 is 55.1 Å². The highest BCUT2D eigenvalue weighted by molar-refractivity contribution is 9.10. The van der Waals surface area contributed by atoms with Crippen LogP contribution in [0.4, 0.5) is 17.5 Å². The number of carbonyl (C=O) groups is 4. The molecule has 71 heavy (non-hydrogen) atoms. The number of nitrogens with one attached hydrogen (secondary N) is 4. The zero-order valence-electron chi connectivity index (χ0n) is 41.2. The van der Waals surface area contributed by atoms with Gasteiger partial charge in [-0.05, 0) is 103 Å². The van der Waals surface area contributed by atoms with Crippen LogP contribution in [0.15, 0.2) is 64.7 Å². The molecule has 0 bridgehead atoms. The molecule has 2 aliphatic rings. The molecule has 0 unspecified atom stereocenters. The maximum absolute atomic E-state index is 13.5. The van der Waals surface area contributed by atoms with Crippen molar-refractivity contribution in [1.29, 1.82) is 0 Å². The van der Waals surface area contributed by atoms with Crippen molar-refractivity contribution >= 4 is 68.3 Å². The zero-order chi connectivity index (χ0) is 50.4. The van der Waals surface area contributed by atoms with E-state index in [2.05, 4.69) is 52.1 Å². The number of amides is 4. The maximum Gasteiger partial charge on any atom is 0.246 e. The number of benzene rings is 2. The molecule has 20 heteroatoms. The second kappa shape index (κ2) is 29.3. The van der Waals surface area contributed by atoms with Gasteiger partial charge in [0.15, 0.2) is 0 Å². The number of halogens is 1. The summed E-state index contributed by atoms with van der Waals surface area (Å²) in [6, 6.07) is 13.8. The Kier molecular flexibility index (Phi) is 22.7. The van der Waals surface area contributed by atoms with Gasteiger partial charge in [-0.2, -0.15) is 4.98 Å². The number of thiazole rings is 1. The number of nitrogens with zero attached hydrogens (tertiary/aromatic N) is 5. The van der Waals surface area contributed by atoms with Crippen LogP contribution in [-0.4, -0.2) is 145 Å². The summed E-state index contributed by atoms with van der Waals surface area (Å²) in [5.41, 5.74) is 5.57. The SMILES string of the molecule is CC[C@H](NC(=O)COCCCOCCCCOCCCOc1ccc(Nc2ncc(Br)c(NCCCN(C)C(=O)C3CCC3)n2)cc1)C(=O)N1C[C@H](O)C[C@H]1C(=O)NCc1ccc(-c2scnc2C)cc1. The number of aliphatic hydroxyl groups excluding tert-OH is 1. The van der Waals surface area contributed by atoms with Crippen molar-refractivity contribution in [1.82, 2.24) is 35.4 Å². The Morgan fingerprint density at radius 3 is 2.30 bits per heavy atom. The van der Waals surface area contributed by atoms with E-state index in [0.29, 0.717) is 77.3 Å². The highest BCUT2D eigenvalue weighted by Crippen LogP contribution is 2.29. The van der Waals surface area contributed by atoms with E-state index in [4.69, 9.17) is 18.9 Å². The van der Waals surface area contributed by atoms with E-state index in [1.54, 1.807) is 24.5 Å². The van der Waals surface area contributed by atoms with Crippen LogP contribution < -0.4 is 26.0 Å². The third-order valence-electron chi connectivity index (χ3n) is 12.3. The van der Waals surface area contributed by atoms with Gasteiger partial charge in [0.25, 0.3) is 0 Å². The van der Waals surface area contributed by atoms with Gasteiger partial charge in [-0.3, -0.25) is 19.2 Å². The molecule has 3 atom stereocenters. The third-order valence-corrected chi connectivity index (χ3v) is 13.9. The number of unbranched alkanes of at least 4 members (excludes halogenated alkanes) is 1. The maximum atomic E-state index is 13.5. The number of hydrogen-bond donors (Lipinski definition) is 5. The molecule has 1 saturated carbocycles. The monoisotopic (exact) mass is 1060 g/mol. The van der Waals surface area contributed by atoms with Crippen molar-refractivity contribution in [2.75, 3.05) is 83.6 Å². The summed E-state index contributed by atoms with van der Waals surface area (Å²) in [6.07, 6.45) is 8.39. The van der Waals surface area contributed by atoms with Crippen LogP contribution in [0, 0.1) is 12.8 Å². The molecule has 2 fully saturated rings. The normalized spacial score (nSPS) is 16.0. The lowest BCUT2D eigenvalue weighted by atomic mass is 9.84. The van der Waals surface area contributed by atoms with E-state index in [1.807, 2.05) is 72.9 Å². The Balaban J connectivity index is 0.741. The number of carbonyl (C=O) groups excluding carboxylic acids is 4. The molecule has 1 aliphatic heterocycles. The number of anilines is 3. The van der Waals surface area contributed by atoms with Gasteiger partial charge in [-0.1, -0.05) is 37.6 Å². The Morgan fingerprint density at radius 1 is 0.915 bits per heavy atom. The molecule has 386 valence electrons. The van der Waals surface area contributed by atoms with Crippen molar-refractivity contribution in [2.45, 2.75) is 103 Å². The fraction of sp³-hybridized carbons (Fsp3) is 0.549. The summed E-state index contributed by atoms with van der Waals surface area (Å²) in [6.45, 7) is 8.37. The Hall–Kier alpha value is -5.25. The van der Waals surface area contributed by atoms with Gasteiger partial charge in [-0.25, -0.2) is 9.97 Å². The minimum absolute atomic E-state index is 0.0146. The number of rotatable bonds is 31. The molecule has 4 amide bonds. The fourth-order valence-electron chi connectivity index (χ4n) is 8.05. The molecule has 0 spiro atoms. The summed E-state index contributed by atoms with van der Waals surface area (Å²) in [5, 5.41) is 22.6. The van der Waals surface area contributed by atoms with E-state index in [0.717, 1.165) is 82.6 Å². The summed E-state index contributed by atoms with van der Waals surface area (Å²) in [5.74, 6) is 1.17. The highest BCUT2D eigenvalue weighted by atomic mass is 79.9. The molecular weight excluding hydrogens is 995 g/mol. The molecule has 2 aromatic heterocycles. The standard InChI is InChI=1S/C51H70BrN9O9S/c1-4-43(50(66)61-32-40(62)29-44(61)48(64)54-30-36-13-15-37(16-14-36)46-35(2)56-34-71-46)58-45(63)33-69-27-9-25-67-23-5-6-24-68-26-10-28-70-41-19-17-39(18-20-41)57-51-55-31-42(52)47(59-51)53-21-8-22-60(3)49(65)38-11-7-12-38/h13-20,31,34,38,40,43-44,62H,4-12,21-30,32-33H2,1-3H3,(H,54,64)(H,58,63)(H2,53,55,57,59)/t40-,43+,44+/m1/s1. The predicted molar refractivity (Wildman–Crippen MR) is 276 cm³/mol. The quantitative estimate of drug-likeness (QED) is 0.0334. The smallest absolute Gasteiger partial charge is 0.246 e. The first kappa shape index (κ1) is 55.1. The number of aromatic nitrogens is 3. The summed E-state index contributed by atoms with van der Waals surface area (Å²) in [7, 11) is 1.88. The average Bonchev–Trinajstić information content (AvgIpc) is 3.98. The van der Waals surface area contributed by atoms with Gasteiger partial charge in [0, 0.05) is 96.9 Å². The van der Waals surface area contributed by atoms with E-state index in [9.17, 15) is 24.3 Å². The predicted octanol–water partition coefficient (Wildman–Crippen LogP) is 6.64. The molecule has 2 aromatic carbocycles. The molecule has 1 aliphatic carbocycles. The molecular formula is C51H70BrN9O9S. The number of aryl methyl sites for hydroxylation is 1. The first-order chi connectivity index (χ1) is 34.5. The number of β-amino-alcohol motifs (C(OH)–C–C–N with tert-alkyl or cyclic N) is 1. The van der Waals surface area contributed by atoms with Crippen LogP contribution in [0.5, 0.6) is 5.75 Å². The van der Waals surface area contributed by atoms with E-state index in [1.165, 1.54) is 4.90 Å². The number of aliphatic hydroxyl groups is 1. The van der Waals surface area contributed by atoms with Gasteiger partial charge in [0.05, 0.1) is 33.3 Å². The van der Waals surface area contributed by atoms with Crippen LogP contribution in [0.2, 0.25) is 0 Å². The van der Waals surface area contributed by atoms with Crippen molar-refractivity contribution in [3.63, 3.8) is 0 Å². The molecule has 0 radical (unpaired) electrons.